The Hall–Kier alpha value is -2.07. The van der Waals surface area contributed by atoms with E-state index in [-0.39, 0.29) is 36.4 Å². The predicted octanol–water partition coefficient (Wildman–Crippen LogP) is 6.31. The molecule has 0 bridgehead atoms. The van der Waals surface area contributed by atoms with Gasteiger partial charge in [0.15, 0.2) is 0 Å². The maximum Gasteiger partial charge on any atom is 0.251 e. The van der Waals surface area contributed by atoms with Gasteiger partial charge in [-0.15, -0.1) is 12.4 Å². The number of carbonyl (C=O) groups is 1. The van der Waals surface area contributed by atoms with E-state index in [1.807, 2.05) is 0 Å². The zero-order valence-corrected chi connectivity index (χ0v) is 18.7. The first-order valence-electron chi connectivity index (χ1n) is 10.4. The first kappa shape index (κ1) is 22.6. The number of amides is 1. The molecule has 3 aromatic carbocycles. The van der Waals surface area contributed by atoms with Crippen molar-refractivity contribution in [3.8, 4) is 0 Å². The molecular weight excluding hydrogens is 415 g/mol. The van der Waals surface area contributed by atoms with Crippen molar-refractivity contribution in [2.45, 2.75) is 50.7 Å². The number of hydrogen-bond donors (Lipinski definition) is 2. The summed E-state index contributed by atoms with van der Waals surface area (Å²) in [6.07, 6.45) is 4.40. The van der Waals surface area contributed by atoms with Crippen molar-refractivity contribution in [1.82, 2.24) is 10.6 Å². The lowest BCUT2D eigenvalue weighted by Gasteiger charge is -2.35. The number of benzene rings is 3. The fourth-order valence-electron chi connectivity index (χ4n) is 4.40. The molecule has 0 unspecified atom stereocenters. The fraction of sp³-hybridized carbons (Fsp3) is 0.320. The Labute approximate surface area is 189 Å². The number of rotatable bonds is 5. The zero-order valence-electron chi connectivity index (χ0n) is 17.1. The second kappa shape index (κ2) is 10.3. The molecule has 5 heteroatoms. The minimum Gasteiger partial charge on any atom is -0.348 e. The molecule has 0 radical (unpaired) electrons. The summed E-state index contributed by atoms with van der Waals surface area (Å²) in [4.78, 5) is 12.7. The van der Waals surface area contributed by atoms with Crippen molar-refractivity contribution < 1.29 is 4.79 Å². The number of carbonyl (C=O) groups excluding carboxylic acids is 1. The summed E-state index contributed by atoms with van der Waals surface area (Å²) < 4.78 is 0. The molecule has 30 heavy (non-hydrogen) atoms. The van der Waals surface area contributed by atoms with Crippen LogP contribution >= 0.6 is 24.0 Å². The van der Waals surface area contributed by atoms with Crippen LogP contribution in [-0.2, 0) is 0 Å². The highest BCUT2D eigenvalue weighted by atomic mass is 35.5. The number of fused-ring (bicyclic) bond motifs is 1. The summed E-state index contributed by atoms with van der Waals surface area (Å²) in [6.45, 7) is 2.22. The van der Waals surface area contributed by atoms with Crippen molar-refractivity contribution in [3.63, 3.8) is 0 Å². The first-order chi connectivity index (χ1) is 14.1. The molecule has 3 nitrogen and oxygen atoms in total. The van der Waals surface area contributed by atoms with Gasteiger partial charge in [-0.25, -0.2) is 0 Å². The summed E-state index contributed by atoms with van der Waals surface area (Å²) >= 11 is 5.95. The van der Waals surface area contributed by atoms with Gasteiger partial charge in [-0.3, -0.25) is 4.79 Å². The van der Waals surface area contributed by atoms with Crippen molar-refractivity contribution in [1.29, 1.82) is 0 Å². The van der Waals surface area contributed by atoms with Crippen LogP contribution in [0.1, 0.15) is 54.6 Å². The van der Waals surface area contributed by atoms with Gasteiger partial charge < -0.3 is 10.6 Å². The molecule has 0 aromatic heterocycles. The maximum atomic E-state index is 12.7. The minimum atomic E-state index is -0.0295. The van der Waals surface area contributed by atoms with E-state index in [1.54, 1.807) is 24.3 Å². The number of hydrogen-bond acceptors (Lipinski definition) is 2. The largest absolute Gasteiger partial charge is 0.348 e. The molecule has 0 spiro atoms. The lowest BCUT2D eigenvalue weighted by atomic mass is 9.88. The van der Waals surface area contributed by atoms with E-state index in [1.165, 1.54) is 22.8 Å². The van der Waals surface area contributed by atoms with Gasteiger partial charge in [0.2, 0.25) is 0 Å². The van der Waals surface area contributed by atoms with E-state index in [9.17, 15) is 4.79 Å². The van der Waals surface area contributed by atoms with Crippen molar-refractivity contribution in [2.24, 2.45) is 0 Å². The molecule has 3 atom stereocenters. The average molecular weight is 443 g/mol. The van der Waals surface area contributed by atoms with Crippen molar-refractivity contribution in [3.05, 3.63) is 82.9 Å². The molecule has 4 rings (SSSR count). The van der Waals surface area contributed by atoms with E-state index in [0.717, 1.165) is 19.3 Å². The Balaban J connectivity index is 0.00000256. The van der Waals surface area contributed by atoms with Crippen LogP contribution < -0.4 is 10.6 Å². The Morgan fingerprint density at radius 1 is 0.933 bits per heavy atom. The monoisotopic (exact) mass is 442 g/mol. The van der Waals surface area contributed by atoms with Crippen LogP contribution in [0, 0.1) is 0 Å². The molecule has 158 valence electrons. The third kappa shape index (κ3) is 5.15. The molecule has 1 fully saturated rings. The molecule has 1 amide bonds. The number of nitrogens with one attached hydrogen (secondary N) is 2. The second-order valence-corrected chi connectivity index (χ2v) is 8.37. The molecular formula is C25H28Cl2N2O. The Morgan fingerprint density at radius 3 is 2.37 bits per heavy atom. The molecule has 0 aliphatic heterocycles. The topological polar surface area (TPSA) is 41.1 Å². The van der Waals surface area contributed by atoms with Gasteiger partial charge in [-0.05, 0) is 60.4 Å². The van der Waals surface area contributed by atoms with E-state index in [0.29, 0.717) is 10.6 Å². The normalized spacial score (nSPS) is 19.7. The molecule has 0 saturated heterocycles. The summed E-state index contributed by atoms with van der Waals surface area (Å²) in [6, 6.07) is 22.7. The van der Waals surface area contributed by atoms with E-state index in [4.69, 9.17) is 11.6 Å². The quantitative estimate of drug-likeness (QED) is 0.486. The third-order valence-corrected chi connectivity index (χ3v) is 6.19. The van der Waals surface area contributed by atoms with Gasteiger partial charge >= 0.3 is 0 Å². The van der Waals surface area contributed by atoms with Crippen molar-refractivity contribution >= 4 is 40.7 Å². The Morgan fingerprint density at radius 2 is 1.60 bits per heavy atom. The average Bonchev–Trinajstić information content (AvgIpc) is 2.75. The van der Waals surface area contributed by atoms with Gasteiger partial charge in [0.25, 0.3) is 5.91 Å². The lowest BCUT2D eigenvalue weighted by molar-refractivity contribution is 0.0913. The highest BCUT2D eigenvalue weighted by molar-refractivity contribution is 6.30. The smallest absolute Gasteiger partial charge is 0.251 e. The summed E-state index contributed by atoms with van der Waals surface area (Å²) in [5, 5.41) is 10.2. The standard InChI is InChI=1S/C25H27ClN2O.ClH/c1-17(21-10-6-8-18-7-2-3-9-22(18)21)27-23-11-4-5-12-24(23)28-25(29)19-13-15-20(26)16-14-19;/h2-3,6-10,13-17,23-24,27H,4-5,11-12H2,1H3,(H,28,29);1H/t17-,23-,24-;/m1./s1. The zero-order chi connectivity index (χ0) is 20.2. The third-order valence-electron chi connectivity index (χ3n) is 5.94. The molecule has 1 saturated carbocycles. The van der Waals surface area contributed by atoms with E-state index < -0.39 is 0 Å². The summed E-state index contributed by atoms with van der Waals surface area (Å²) in [5.41, 5.74) is 1.96. The second-order valence-electron chi connectivity index (χ2n) is 7.93. The van der Waals surface area contributed by atoms with Crippen LogP contribution in [-0.4, -0.2) is 18.0 Å². The van der Waals surface area contributed by atoms with Crippen LogP contribution in [0.25, 0.3) is 10.8 Å². The van der Waals surface area contributed by atoms with E-state index >= 15 is 0 Å². The Bertz CT molecular complexity index is 985. The SMILES string of the molecule is C[C@@H](N[C@@H]1CCCC[C@H]1NC(=O)c1ccc(Cl)cc1)c1cccc2ccccc12.Cl. The molecule has 2 N–H and O–H groups in total. The van der Waals surface area contributed by atoms with Crippen LogP contribution in [0.2, 0.25) is 5.02 Å². The van der Waals surface area contributed by atoms with Gasteiger partial charge in [0, 0.05) is 28.7 Å². The van der Waals surface area contributed by atoms with Gasteiger partial charge in [0.05, 0.1) is 0 Å². The predicted molar refractivity (Wildman–Crippen MR) is 128 cm³/mol. The van der Waals surface area contributed by atoms with Gasteiger partial charge in [-0.1, -0.05) is 66.9 Å². The maximum absolute atomic E-state index is 12.7. The molecule has 1 aliphatic rings. The molecule has 1 aliphatic carbocycles. The highest BCUT2D eigenvalue weighted by Gasteiger charge is 2.28. The highest BCUT2D eigenvalue weighted by Crippen LogP contribution is 2.27. The first-order valence-corrected chi connectivity index (χ1v) is 10.8. The molecule has 0 heterocycles. The van der Waals surface area contributed by atoms with Crippen LogP contribution in [0.4, 0.5) is 0 Å². The lowest BCUT2D eigenvalue weighted by Crippen LogP contribution is -2.52. The number of halogens is 2. The van der Waals surface area contributed by atoms with E-state index in [2.05, 4.69) is 60.0 Å². The molecule has 3 aromatic rings. The van der Waals surface area contributed by atoms with Gasteiger partial charge in [0.1, 0.15) is 0 Å². The van der Waals surface area contributed by atoms with Crippen molar-refractivity contribution in [2.75, 3.05) is 0 Å². The van der Waals surface area contributed by atoms with Crippen LogP contribution in [0.5, 0.6) is 0 Å². The summed E-state index contributed by atoms with van der Waals surface area (Å²) in [5.74, 6) is -0.0295. The summed E-state index contributed by atoms with van der Waals surface area (Å²) in [7, 11) is 0. The van der Waals surface area contributed by atoms with Crippen LogP contribution in [0.3, 0.4) is 0 Å². The minimum absolute atomic E-state index is 0. The fourth-order valence-corrected chi connectivity index (χ4v) is 4.52. The Kier molecular flexibility index (Phi) is 7.76. The van der Waals surface area contributed by atoms with Gasteiger partial charge in [-0.2, -0.15) is 0 Å². The van der Waals surface area contributed by atoms with Crippen LogP contribution in [0.15, 0.2) is 66.7 Å².